The first-order valence-electron chi connectivity index (χ1n) is 4.84. The van der Waals surface area contributed by atoms with Gasteiger partial charge in [-0.15, -0.1) is 0 Å². The van der Waals surface area contributed by atoms with Crippen LogP contribution in [0.3, 0.4) is 0 Å². The maximum absolute atomic E-state index is 12.4. The van der Waals surface area contributed by atoms with Crippen molar-refractivity contribution >= 4 is 19.6 Å². The quantitative estimate of drug-likeness (QED) is 0.652. The zero-order valence-corrected chi connectivity index (χ0v) is 10.9. The summed E-state index contributed by atoms with van der Waals surface area (Å²) in [6, 6.07) is 0. The summed E-state index contributed by atoms with van der Waals surface area (Å²) in [5.41, 5.74) is 0. The van der Waals surface area contributed by atoms with Crippen LogP contribution in [0.15, 0.2) is 0 Å². The summed E-state index contributed by atoms with van der Waals surface area (Å²) in [6.07, 6.45) is 3.32. The zero-order valence-electron chi connectivity index (χ0n) is 8.32. The number of hydrogen-bond donors (Lipinski definition) is 0. The number of alkyl halides is 3. The Hall–Kier alpha value is 0.580. The van der Waals surface area contributed by atoms with Crippen molar-refractivity contribution in [2.45, 2.75) is 52.7 Å². The average Bonchev–Trinajstić information content (AvgIpc) is 2.02. The van der Waals surface area contributed by atoms with Crippen LogP contribution in [0.2, 0.25) is 8.94 Å². The molecule has 0 N–H and O–H groups in total. The zero-order chi connectivity index (χ0) is 10.3. The Bertz CT molecular complexity index is 115. The molecule has 0 aromatic rings. The Morgan fingerprint density at radius 2 is 1.31 bits per heavy atom. The SMILES string of the molecule is CCCC[TeH](CCCC)C(F)(F)F. The molecule has 0 unspecified atom stereocenters. The van der Waals surface area contributed by atoms with Gasteiger partial charge in [0.05, 0.1) is 0 Å². The molecule has 0 saturated heterocycles. The van der Waals surface area contributed by atoms with Crippen molar-refractivity contribution in [3.63, 3.8) is 0 Å². The van der Waals surface area contributed by atoms with E-state index in [1.165, 1.54) is 0 Å². The summed E-state index contributed by atoms with van der Waals surface area (Å²) in [4.78, 5) is 0. The summed E-state index contributed by atoms with van der Waals surface area (Å²) in [5, 5.41) is 0. The summed E-state index contributed by atoms with van der Waals surface area (Å²) >= 11 is -2.90. The predicted octanol–water partition coefficient (Wildman–Crippen LogP) is 3.92. The monoisotopic (exact) mass is 314 g/mol. The molecule has 0 spiro atoms. The molecular formula is C9H19F3Te. The topological polar surface area (TPSA) is 0 Å². The van der Waals surface area contributed by atoms with Crippen LogP contribution in [0.25, 0.3) is 0 Å². The van der Waals surface area contributed by atoms with E-state index in [1.54, 1.807) is 0 Å². The molecule has 0 aromatic carbocycles. The second-order valence-electron chi connectivity index (χ2n) is 3.16. The van der Waals surface area contributed by atoms with Crippen LogP contribution in [0.4, 0.5) is 13.2 Å². The third kappa shape index (κ3) is 6.62. The van der Waals surface area contributed by atoms with Gasteiger partial charge in [-0.05, 0) is 0 Å². The average molecular weight is 312 g/mol. The van der Waals surface area contributed by atoms with Gasteiger partial charge in [0.25, 0.3) is 0 Å². The Morgan fingerprint density at radius 3 is 1.54 bits per heavy atom. The Balaban J connectivity index is 3.88. The van der Waals surface area contributed by atoms with Gasteiger partial charge >= 0.3 is 85.4 Å². The molecule has 0 atom stereocenters. The Morgan fingerprint density at radius 1 is 0.923 bits per heavy atom. The van der Waals surface area contributed by atoms with Gasteiger partial charge in [0, 0.05) is 0 Å². The van der Waals surface area contributed by atoms with Gasteiger partial charge in [-0.25, -0.2) is 0 Å². The molecule has 0 saturated carbocycles. The van der Waals surface area contributed by atoms with Gasteiger partial charge in [-0.2, -0.15) is 0 Å². The second-order valence-corrected chi connectivity index (χ2v) is 10.2. The number of rotatable bonds is 6. The fraction of sp³-hybridized carbons (Fsp3) is 1.00. The van der Waals surface area contributed by atoms with E-state index in [4.69, 9.17) is 0 Å². The van der Waals surface area contributed by atoms with Crippen LogP contribution in [-0.2, 0) is 0 Å². The normalized spacial score (nSPS) is 13.2. The van der Waals surface area contributed by atoms with E-state index in [2.05, 4.69) is 0 Å². The number of halogens is 3. The molecule has 0 aliphatic heterocycles. The van der Waals surface area contributed by atoms with E-state index in [1.807, 2.05) is 13.8 Å². The maximum atomic E-state index is 12.4. The molecule has 0 radical (unpaired) electrons. The molecular weight excluding hydrogens is 293 g/mol. The van der Waals surface area contributed by atoms with Gasteiger partial charge in [0.15, 0.2) is 0 Å². The van der Waals surface area contributed by atoms with Gasteiger partial charge < -0.3 is 0 Å². The van der Waals surface area contributed by atoms with E-state index >= 15 is 0 Å². The third-order valence-electron chi connectivity index (χ3n) is 1.92. The van der Waals surface area contributed by atoms with Crippen molar-refractivity contribution in [3.8, 4) is 0 Å². The molecule has 13 heavy (non-hydrogen) atoms. The van der Waals surface area contributed by atoms with Crippen LogP contribution in [0.5, 0.6) is 0 Å². The van der Waals surface area contributed by atoms with Crippen molar-refractivity contribution in [2.75, 3.05) is 0 Å². The van der Waals surface area contributed by atoms with Crippen LogP contribution < -0.4 is 0 Å². The molecule has 82 valence electrons. The fourth-order valence-electron chi connectivity index (χ4n) is 1.06. The minimum absolute atomic E-state index is 0.489. The van der Waals surface area contributed by atoms with Crippen molar-refractivity contribution in [1.29, 1.82) is 0 Å². The summed E-state index contributed by atoms with van der Waals surface area (Å²) in [6.45, 7) is 3.91. The van der Waals surface area contributed by atoms with Crippen LogP contribution in [0, 0.1) is 0 Å². The van der Waals surface area contributed by atoms with E-state index in [-0.39, 0.29) is 0 Å². The van der Waals surface area contributed by atoms with Crippen LogP contribution in [0.1, 0.15) is 39.5 Å². The van der Waals surface area contributed by atoms with Crippen molar-refractivity contribution in [1.82, 2.24) is 0 Å². The molecule has 0 amide bonds. The van der Waals surface area contributed by atoms with Crippen molar-refractivity contribution in [3.05, 3.63) is 0 Å². The van der Waals surface area contributed by atoms with Crippen molar-refractivity contribution < 1.29 is 13.2 Å². The minimum atomic E-state index is -3.80. The molecule has 0 aliphatic rings. The molecule has 0 bridgehead atoms. The van der Waals surface area contributed by atoms with E-state index < -0.39 is 23.8 Å². The first-order valence-corrected chi connectivity index (χ1v) is 9.72. The summed E-state index contributed by atoms with van der Waals surface area (Å²) in [7, 11) is 0. The molecule has 0 rings (SSSR count). The molecule has 0 heterocycles. The van der Waals surface area contributed by atoms with Crippen LogP contribution in [-0.4, -0.2) is 23.8 Å². The molecule has 0 fully saturated rings. The Kier molecular flexibility index (Phi) is 7.26. The van der Waals surface area contributed by atoms with E-state index in [0.29, 0.717) is 8.94 Å². The predicted molar refractivity (Wildman–Crippen MR) is 52.6 cm³/mol. The van der Waals surface area contributed by atoms with Gasteiger partial charge in [-0.1, -0.05) is 0 Å². The standard InChI is InChI=1S/C9H19F3Te/c1-3-5-7-13(8-6-4-2)9(10,11)12/h13H,3-8H2,1-2H3. The molecule has 0 aliphatic carbocycles. The second kappa shape index (κ2) is 6.95. The summed E-state index contributed by atoms with van der Waals surface area (Å²) < 4.78 is 34.5. The van der Waals surface area contributed by atoms with Crippen molar-refractivity contribution in [2.24, 2.45) is 0 Å². The fourth-order valence-corrected chi connectivity index (χ4v) is 7.13. The van der Waals surface area contributed by atoms with Gasteiger partial charge in [0.2, 0.25) is 0 Å². The van der Waals surface area contributed by atoms with Gasteiger partial charge in [0.1, 0.15) is 0 Å². The molecule has 0 nitrogen and oxygen atoms in total. The molecule has 0 aromatic heterocycles. The van der Waals surface area contributed by atoms with E-state index in [0.717, 1.165) is 25.7 Å². The van der Waals surface area contributed by atoms with Gasteiger partial charge in [-0.3, -0.25) is 0 Å². The van der Waals surface area contributed by atoms with Crippen LogP contribution >= 0.6 is 0 Å². The third-order valence-corrected chi connectivity index (χ3v) is 8.86. The first-order chi connectivity index (χ1) is 6.02. The molecule has 4 heteroatoms. The number of unbranched alkanes of at least 4 members (excludes halogenated alkanes) is 2. The summed E-state index contributed by atoms with van der Waals surface area (Å²) in [5.74, 6) is 0. The first kappa shape index (κ1) is 13.6. The Labute approximate surface area is 85.5 Å². The number of hydrogen-bond acceptors (Lipinski definition) is 0. The van der Waals surface area contributed by atoms with E-state index in [9.17, 15) is 13.2 Å².